The number of hydrogen-bond donors (Lipinski definition) is 0. The van der Waals surface area contributed by atoms with Crippen LogP contribution in [0.25, 0.3) is 0 Å². The molecule has 0 fully saturated rings. The van der Waals surface area contributed by atoms with Crippen molar-refractivity contribution in [2.45, 2.75) is 51.9 Å². The fourth-order valence-electron chi connectivity index (χ4n) is 4.34. The van der Waals surface area contributed by atoms with Gasteiger partial charge in [0.15, 0.2) is 0 Å². The third kappa shape index (κ3) is 5.38. The maximum atomic E-state index is 13.5. The Kier molecular flexibility index (Phi) is 6.76. The number of carbonyl (C=O) groups is 1. The summed E-state index contributed by atoms with van der Waals surface area (Å²) >= 11 is 0. The smallest absolute Gasteiger partial charge is 0.227 e. The maximum absolute atomic E-state index is 13.5. The molecule has 0 saturated carbocycles. The molecule has 0 saturated heterocycles. The molecule has 4 rings (SSSR count). The van der Waals surface area contributed by atoms with Crippen molar-refractivity contribution in [1.29, 1.82) is 0 Å². The van der Waals surface area contributed by atoms with E-state index in [1.807, 2.05) is 36.2 Å². The number of carbonyl (C=O) groups excluding carboxylic acids is 1. The van der Waals surface area contributed by atoms with Crippen LogP contribution in [0.15, 0.2) is 70.2 Å². The van der Waals surface area contributed by atoms with E-state index >= 15 is 0 Å². The average Bonchev–Trinajstić information content (AvgIpc) is 3.01. The second kappa shape index (κ2) is 9.86. The van der Waals surface area contributed by atoms with E-state index in [-0.39, 0.29) is 11.8 Å². The van der Waals surface area contributed by atoms with Gasteiger partial charge in [-0.1, -0.05) is 49.4 Å². The fraction of sp³-hybridized carbons (Fsp3) is 0.370. The van der Waals surface area contributed by atoms with E-state index in [4.69, 9.17) is 0 Å². The van der Waals surface area contributed by atoms with Crippen LogP contribution < -0.4 is 4.90 Å². The lowest BCUT2D eigenvalue weighted by atomic mass is 9.91. The Labute approximate surface area is 185 Å². The Morgan fingerprint density at radius 3 is 2.65 bits per heavy atom. The highest BCUT2D eigenvalue weighted by Crippen LogP contribution is 2.28. The summed E-state index contributed by atoms with van der Waals surface area (Å²) in [4.78, 5) is 24.3. The van der Waals surface area contributed by atoms with Crippen molar-refractivity contribution in [3.05, 3.63) is 76.9 Å². The Hall–Kier alpha value is -3.01. The second-order valence-corrected chi connectivity index (χ2v) is 8.58. The van der Waals surface area contributed by atoms with E-state index < -0.39 is 0 Å². The molecule has 1 heterocycles. The van der Waals surface area contributed by atoms with E-state index in [0.717, 1.165) is 29.9 Å². The quantitative estimate of drug-likeness (QED) is 0.615. The van der Waals surface area contributed by atoms with Crippen LogP contribution in [-0.2, 0) is 17.6 Å². The summed E-state index contributed by atoms with van der Waals surface area (Å²) < 4.78 is 0. The van der Waals surface area contributed by atoms with E-state index in [1.165, 1.54) is 29.5 Å². The topological polar surface area (TPSA) is 45.0 Å². The Balaban J connectivity index is 1.60. The predicted molar refractivity (Wildman–Crippen MR) is 129 cm³/mol. The molecule has 0 radical (unpaired) electrons. The van der Waals surface area contributed by atoms with Crippen LogP contribution in [-0.4, -0.2) is 31.0 Å². The molecule has 0 unspecified atom stereocenters. The van der Waals surface area contributed by atoms with Gasteiger partial charge in [-0.05, 0) is 72.9 Å². The van der Waals surface area contributed by atoms with Gasteiger partial charge in [-0.2, -0.15) is 0 Å². The lowest BCUT2D eigenvalue weighted by molar-refractivity contribution is -0.118. The number of anilines is 1. The van der Waals surface area contributed by atoms with Crippen LogP contribution in [0, 0.1) is 0 Å². The van der Waals surface area contributed by atoms with E-state index in [1.54, 1.807) is 0 Å². The zero-order valence-electron chi connectivity index (χ0n) is 18.6. The monoisotopic (exact) mass is 413 g/mol. The molecule has 4 nitrogen and oxygen atoms in total. The number of fused-ring (bicyclic) bond motifs is 1. The summed E-state index contributed by atoms with van der Waals surface area (Å²) in [5.74, 6) is 1.08. The SMILES string of the molecule is CC1=NCC=C(CN(C(=O)C[C@H](C)c2ccccc2)c2ccc3c(c2)CCCC3)C=N1. The molecule has 2 aromatic carbocycles. The highest BCUT2D eigenvalue weighted by Gasteiger charge is 2.22. The first-order chi connectivity index (χ1) is 15.1. The summed E-state index contributed by atoms with van der Waals surface area (Å²) in [6, 6.07) is 16.8. The second-order valence-electron chi connectivity index (χ2n) is 8.58. The number of benzene rings is 2. The summed E-state index contributed by atoms with van der Waals surface area (Å²) in [6.45, 7) is 5.16. The zero-order chi connectivity index (χ0) is 21.6. The van der Waals surface area contributed by atoms with E-state index in [2.05, 4.69) is 53.3 Å². The molecule has 4 heteroatoms. The molecule has 0 N–H and O–H groups in total. The van der Waals surface area contributed by atoms with Gasteiger partial charge in [-0.3, -0.25) is 9.79 Å². The molecular formula is C27H31N3O. The van der Waals surface area contributed by atoms with Crippen molar-refractivity contribution in [1.82, 2.24) is 0 Å². The summed E-state index contributed by atoms with van der Waals surface area (Å²) in [5.41, 5.74) is 6.03. The molecule has 2 aliphatic rings. The number of nitrogens with zero attached hydrogens (tertiary/aromatic N) is 3. The minimum atomic E-state index is 0.142. The first-order valence-corrected chi connectivity index (χ1v) is 11.3. The van der Waals surface area contributed by atoms with Crippen LogP contribution in [0.5, 0.6) is 0 Å². The van der Waals surface area contributed by atoms with Gasteiger partial charge in [-0.25, -0.2) is 4.99 Å². The molecule has 2 aromatic rings. The summed E-state index contributed by atoms with van der Waals surface area (Å²) in [5, 5.41) is 0. The Morgan fingerprint density at radius 2 is 1.84 bits per heavy atom. The number of aliphatic imine (C=N–C) groups is 2. The molecule has 0 aromatic heterocycles. The van der Waals surface area contributed by atoms with Gasteiger partial charge < -0.3 is 4.90 Å². The van der Waals surface area contributed by atoms with Gasteiger partial charge in [0.2, 0.25) is 5.91 Å². The van der Waals surface area contributed by atoms with Gasteiger partial charge in [-0.15, -0.1) is 0 Å². The molecule has 1 atom stereocenters. The average molecular weight is 414 g/mol. The predicted octanol–water partition coefficient (Wildman–Crippen LogP) is 5.52. The van der Waals surface area contributed by atoms with E-state index in [0.29, 0.717) is 19.5 Å². The largest absolute Gasteiger partial charge is 0.308 e. The van der Waals surface area contributed by atoms with Crippen molar-refractivity contribution in [3.8, 4) is 0 Å². The highest BCUT2D eigenvalue weighted by molar-refractivity contribution is 5.98. The minimum Gasteiger partial charge on any atom is -0.308 e. The first kappa shape index (κ1) is 21.2. The molecule has 1 amide bonds. The van der Waals surface area contributed by atoms with Crippen LogP contribution in [0.1, 0.15) is 55.7 Å². The third-order valence-corrected chi connectivity index (χ3v) is 6.23. The zero-order valence-corrected chi connectivity index (χ0v) is 18.6. The number of amidine groups is 1. The summed E-state index contributed by atoms with van der Waals surface area (Å²) in [6.07, 6.45) is 9.12. The summed E-state index contributed by atoms with van der Waals surface area (Å²) in [7, 11) is 0. The van der Waals surface area contributed by atoms with Gasteiger partial charge in [0.05, 0.1) is 13.1 Å². The number of rotatable bonds is 6. The lowest BCUT2D eigenvalue weighted by Gasteiger charge is -2.27. The van der Waals surface area contributed by atoms with Gasteiger partial charge in [0, 0.05) is 18.3 Å². The maximum Gasteiger partial charge on any atom is 0.227 e. The van der Waals surface area contributed by atoms with Gasteiger partial charge in [0.25, 0.3) is 0 Å². The van der Waals surface area contributed by atoms with Crippen LogP contribution in [0.2, 0.25) is 0 Å². The lowest BCUT2D eigenvalue weighted by Crippen LogP contribution is -2.34. The van der Waals surface area contributed by atoms with Crippen molar-refractivity contribution in [2.75, 3.05) is 18.0 Å². The third-order valence-electron chi connectivity index (χ3n) is 6.23. The Bertz CT molecular complexity index is 1020. The van der Waals surface area contributed by atoms with E-state index in [9.17, 15) is 4.79 Å². The van der Waals surface area contributed by atoms with Crippen LogP contribution in [0.3, 0.4) is 0 Å². The molecule has 31 heavy (non-hydrogen) atoms. The number of hydrogen-bond acceptors (Lipinski definition) is 3. The molecular weight excluding hydrogens is 382 g/mol. The fourth-order valence-corrected chi connectivity index (χ4v) is 4.34. The van der Waals surface area contributed by atoms with Gasteiger partial charge >= 0.3 is 0 Å². The normalized spacial score (nSPS) is 16.6. The van der Waals surface area contributed by atoms with Gasteiger partial charge in [0.1, 0.15) is 5.84 Å². The molecule has 0 bridgehead atoms. The number of amides is 1. The van der Waals surface area contributed by atoms with Crippen molar-refractivity contribution >= 4 is 23.6 Å². The number of aryl methyl sites for hydroxylation is 2. The highest BCUT2D eigenvalue weighted by atomic mass is 16.2. The van der Waals surface area contributed by atoms with Crippen molar-refractivity contribution in [3.63, 3.8) is 0 Å². The molecule has 1 aliphatic carbocycles. The molecule has 1 aliphatic heterocycles. The van der Waals surface area contributed by atoms with Crippen molar-refractivity contribution in [2.24, 2.45) is 9.98 Å². The van der Waals surface area contributed by atoms with Crippen molar-refractivity contribution < 1.29 is 4.79 Å². The molecule has 0 spiro atoms. The molecule has 160 valence electrons. The standard InChI is InChI=1S/C27H31N3O/c1-20(23-8-4-3-5-9-23)16-27(31)30(19-22-14-15-28-21(2)29-18-22)26-13-12-24-10-6-7-11-25(24)17-26/h3-5,8-9,12-14,17-18,20H,6-7,10-11,15-16,19H2,1-2H3/t20-/m0/s1. The van der Waals surface area contributed by atoms with Crippen LogP contribution in [0.4, 0.5) is 5.69 Å². The minimum absolute atomic E-state index is 0.142. The first-order valence-electron chi connectivity index (χ1n) is 11.3. The van der Waals surface area contributed by atoms with Crippen LogP contribution >= 0.6 is 0 Å². The Morgan fingerprint density at radius 1 is 1.06 bits per heavy atom.